The molecule has 1 saturated carbocycles. The Balaban J connectivity index is 0.000000568. The molecule has 12 nitrogen and oxygen atoms in total. The van der Waals surface area contributed by atoms with Gasteiger partial charge in [0.05, 0.1) is 30.5 Å². The van der Waals surface area contributed by atoms with Gasteiger partial charge in [-0.15, -0.1) is 5.10 Å². The van der Waals surface area contributed by atoms with Gasteiger partial charge in [-0.25, -0.2) is 27.5 Å². The first-order chi connectivity index (χ1) is 25.2. The second kappa shape index (κ2) is 14.2. The van der Waals surface area contributed by atoms with Crippen molar-refractivity contribution in [3.05, 3.63) is 47.3 Å². The summed E-state index contributed by atoms with van der Waals surface area (Å²) in [6, 6.07) is 6.82. The Morgan fingerprint density at radius 1 is 1.11 bits per heavy atom. The number of carboxylic acids is 1. The number of piperidine rings is 2. The van der Waals surface area contributed by atoms with Gasteiger partial charge in [0.1, 0.15) is 6.17 Å². The molecular weight excluding hydrogens is 708 g/mol. The Morgan fingerprint density at radius 3 is 2.47 bits per heavy atom. The van der Waals surface area contributed by atoms with Gasteiger partial charge in [-0.1, -0.05) is 12.1 Å². The lowest BCUT2D eigenvalue weighted by molar-refractivity contribution is -0.192. The number of nitrogens with one attached hydrogen (secondary N) is 3. The van der Waals surface area contributed by atoms with Crippen LogP contribution < -0.4 is 20.9 Å². The Kier molecular flexibility index (Phi) is 9.99. The largest absolute Gasteiger partial charge is 0.490 e. The maximum Gasteiger partial charge on any atom is 0.490 e. The second-order valence-electron chi connectivity index (χ2n) is 14.7. The van der Waals surface area contributed by atoms with Crippen LogP contribution in [0.4, 0.5) is 43.5 Å². The number of alkyl halides is 6. The molecule has 1 amide bonds. The van der Waals surface area contributed by atoms with Crippen molar-refractivity contribution >= 4 is 34.7 Å². The van der Waals surface area contributed by atoms with E-state index in [2.05, 4.69) is 36.8 Å². The molecule has 4 aliphatic heterocycles. The van der Waals surface area contributed by atoms with Gasteiger partial charge in [0.25, 0.3) is 11.8 Å². The highest BCUT2D eigenvalue weighted by Gasteiger charge is 2.49. The minimum absolute atomic E-state index is 0.229. The van der Waals surface area contributed by atoms with E-state index in [1.54, 1.807) is 7.05 Å². The number of anilines is 3. The number of carboxylic acid groups (broad SMARTS) is 1. The van der Waals surface area contributed by atoms with Crippen LogP contribution in [0.1, 0.15) is 53.7 Å². The van der Waals surface area contributed by atoms with E-state index >= 15 is 8.78 Å². The third-order valence-electron chi connectivity index (χ3n) is 11.3. The van der Waals surface area contributed by atoms with Crippen LogP contribution in [0.2, 0.25) is 0 Å². The molecule has 5 aliphatic rings. The smallest absolute Gasteiger partial charge is 0.475 e. The van der Waals surface area contributed by atoms with Crippen molar-refractivity contribution in [3.63, 3.8) is 0 Å². The zero-order valence-electron chi connectivity index (χ0n) is 29.2. The molecule has 53 heavy (non-hydrogen) atoms. The van der Waals surface area contributed by atoms with Gasteiger partial charge >= 0.3 is 12.1 Å². The summed E-state index contributed by atoms with van der Waals surface area (Å²) in [6.07, 6.45) is 0.109. The molecule has 1 aliphatic carbocycles. The number of imidazole rings is 1. The molecule has 2 aromatic heterocycles. The summed E-state index contributed by atoms with van der Waals surface area (Å²) in [4.78, 5) is 32.3. The Labute approximate surface area is 301 Å². The van der Waals surface area contributed by atoms with Crippen LogP contribution >= 0.6 is 0 Å². The van der Waals surface area contributed by atoms with Gasteiger partial charge in [-0.2, -0.15) is 13.2 Å². The highest BCUT2D eigenvalue weighted by Crippen LogP contribution is 2.42. The number of carbonyl (C=O) groups is 2. The molecule has 288 valence electrons. The average Bonchev–Trinajstić information content (AvgIpc) is 3.51. The van der Waals surface area contributed by atoms with E-state index in [-0.39, 0.29) is 12.2 Å². The van der Waals surface area contributed by atoms with Crippen molar-refractivity contribution in [2.75, 3.05) is 63.1 Å². The van der Waals surface area contributed by atoms with Crippen molar-refractivity contribution in [3.8, 4) is 0 Å². The van der Waals surface area contributed by atoms with E-state index in [0.29, 0.717) is 55.0 Å². The third-order valence-corrected chi connectivity index (χ3v) is 11.3. The van der Waals surface area contributed by atoms with E-state index in [9.17, 15) is 22.4 Å². The Hall–Kier alpha value is -4.16. The van der Waals surface area contributed by atoms with Crippen LogP contribution in [0.15, 0.2) is 30.5 Å². The monoisotopic (exact) mass is 751 g/mol. The molecule has 3 saturated heterocycles. The van der Waals surface area contributed by atoms with Gasteiger partial charge in [0, 0.05) is 51.4 Å². The van der Waals surface area contributed by atoms with E-state index in [4.69, 9.17) is 15.0 Å². The molecule has 3 atom stereocenters. The standard InChI is InChI=1S/C33H42F3N9O.C2HF3O2/c1-37-25-16-29(41-45-27(17-39-30(25)45)31(46)40-24-15-23(24)34)44-12-5-22-21(3-2-4-26(22)44)18-42-11-6-28(33(35,36)20-42)43-13-8-32(9-14-43)7-10-38-19-32;3-2(4,5)1(6)7/h2-4,16-17,23-24,28,37-38H,5-15,18-20H2,1H3,(H,40,46);(H,6,7)/t23-,24+,28?;/m0./s1. The molecule has 6 heterocycles. The number of aliphatic carboxylic acids is 1. The number of hydrogen-bond donors (Lipinski definition) is 4. The number of rotatable bonds is 7. The zero-order chi connectivity index (χ0) is 37.7. The number of hydrogen-bond acceptors (Lipinski definition) is 9. The first kappa shape index (κ1) is 37.2. The van der Waals surface area contributed by atoms with Crippen LogP contribution in [-0.2, 0) is 17.8 Å². The van der Waals surface area contributed by atoms with Crippen molar-refractivity contribution in [2.24, 2.45) is 5.41 Å². The molecule has 1 aromatic carbocycles. The number of carbonyl (C=O) groups excluding carboxylic acids is 1. The predicted molar refractivity (Wildman–Crippen MR) is 183 cm³/mol. The van der Waals surface area contributed by atoms with Crippen LogP contribution in [0.3, 0.4) is 0 Å². The van der Waals surface area contributed by atoms with Gasteiger partial charge < -0.3 is 26.0 Å². The fraction of sp³-hybridized carbons (Fsp3) is 0.600. The first-order valence-electron chi connectivity index (χ1n) is 17.9. The van der Waals surface area contributed by atoms with E-state index in [1.807, 2.05) is 23.1 Å². The number of likely N-dealkylation sites (tertiary alicyclic amines) is 2. The number of fused-ring (bicyclic) bond motifs is 2. The SMILES string of the molecule is CNc1cc(N2CCc3c(CN4CCC(N5CCC6(CCNC6)CC5)C(F)(F)C4)cccc32)nn2c(C(=O)N[C@@H]3C[C@@H]3F)cnc12.O=C(O)C(F)(F)F. The summed E-state index contributed by atoms with van der Waals surface area (Å²) < 4.78 is 78.1. The number of halogens is 6. The fourth-order valence-electron chi connectivity index (χ4n) is 8.23. The molecule has 8 rings (SSSR count). The topological polar surface area (TPSA) is 130 Å². The van der Waals surface area contributed by atoms with Crippen LogP contribution in [0.25, 0.3) is 5.65 Å². The minimum Gasteiger partial charge on any atom is -0.475 e. The maximum atomic E-state index is 15.7. The van der Waals surface area contributed by atoms with Crippen molar-refractivity contribution < 1.29 is 41.0 Å². The van der Waals surface area contributed by atoms with Gasteiger partial charge in [-0.3, -0.25) is 14.6 Å². The molecule has 3 aromatic rings. The fourth-order valence-corrected chi connectivity index (χ4v) is 8.23. The lowest BCUT2D eigenvalue weighted by Gasteiger charge is -2.48. The molecule has 4 N–H and O–H groups in total. The van der Waals surface area contributed by atoms with Gasteiger partial charge in [0.15, 0.2) is 17.2 Å². The van der Waals surface area contributed by atoms with E-state index in [0.717, 1.165) is 62.3 Å². The molecule has 1 spiro atoms. The van der Waals surface area contributed by atoms with E-state index < -0.39 is 42.2 Å². The number of nitrogens with zero attached hydrogens (tertiary/aromatic N) is 6. The Morgan fingerprint density at radius 2 is 1.85 bits per heavy atom. The number of amides is 1. The summed E-state index contributed by atoms with van der Waals surface area (Å²) in [5, 5.41) is 21.3. The summed E-state index contributed by atoms with van der Waals surface area (Å²) in [7, 11) is 1.79. The molecule has 1 unspecified atom stereocenters. The highest BCUT2D eigenvalue weighted by molar-refractivity contribution is 5.94. The minimum atomic E-state index is -5.08. The van der Waals surface area contributed by atoms with Crippen molar-refractivity contribution in [1.29, 1.82) is 0 Å². The van der Waals surface area contributed by atoms with E-state index in [1.165, 1.54) is 17.1 Å². The Bertz CT molecular complexity index is 1840. The molecule has 18 heteroatoms. The number of benzene rings is 1. The van der Waals surface area contributed by atoms with Crippen molar-refractivity contribution in [1.82, 2.24) is 35.0 Å². The van der Waals surface area contributed by atoms with Crippen LogP contribution in [-0.4, -0.2) is 125 Å². The molecule has 0 radical (unpaired) electrons. The highest BCUT2D eigenvalue weighted by atomic mass is 19.4. The number of aromatic nitrogens is 3. The average molecular weight is 752 g/mol. The maximum absolute atomic E-state index is 15.7. The summed E-state index contributed by atoms with van der Waals surface area (Å²) in [5.74, 6) is -5.29. The quantitative estimate of drug-likeness (QED) is 0.261. The molecular formula is C35H43F6N9O3. The lowest BCUT2D eigenvalue weighted by atomic mass is 9.77. The first-order valence-corrected chi connectivity index (χ1v) is 17.9. The summed E-state index contributed by atoms with van der Waals surface area (Å²) in [6.45, 7) is 5.17. The van der Waals surface area contributed by atoms with Crippen LogP contribution in [0, 0.1) is 5.41 Å². The normalized spacial score (nSPS) is 25.2. The summed E-state index contributed by atoms with van der Waals surface area (Å²) >= 11 is 0. The van der Waals surface area contributed by atoms with Gasteiger partial charge in [-0.05, 0) is 74.3 Å². The third kappa shape index (κ3) is 7.62. The van der Waals surface area contributed by atoms with Crippen LogP contribution in [0.5, 0.6) is 0 Å². The summed E-state index contributed by atoms with van der Waals surface area (Å²) in [5.41, 5.74) is 4.95. The molecule has 4 fully saturated rings. The second-order valence-corrected chi connectivity index (χ2v) is 14.7. The zero-order valence-corrected chi connectivity index (χ0v) is 29.2. The van der Waals surface area contributed by atoms with Gasteiger partial charge in [0.2, 0.25) is 0 Å². The molecule has 0 bridgehead atoms. The van der Waals surface area contributed by atoms with Crippen molar-refractivity contribution in [2.45, 2.75) is 75.4 Å². The predicted octanol–water partition coefficient (Wildman–Crippen LogP) is 4.22. The lowest BCUT2D eigenvalue weighted by Crippen LogP contribution is -2.60.